The number of anilines is 1. The van der Waals surface area contributed by atoms with Crippen molar-refractivity contribution in [3.05, 3.63) is 59.9 Å². The van der Waals surface area contributed by atoms with Gasteiger partial charge in [-0.05, 0) is 29.8 Å². The molecule has 0 saturated carbocycles. The average molecular weight is 344 g/mol. The second-order valence-electron chi connectivity index (χ2n) is 5.86. The Kier molecular flexibility index (Phi) is 6.51. The first-order chi connectivity index (χ1) is 11.9. The number of carbonyl (C=O) groups excluding carboxylic acids is 2. The molecule has 6 heteroatoms. The number of hydrogen-bond donors (Lipinski definition) is 2. The van der Waals surface area contributed by atoms with E-state index in [0.717, 1.165) is 5.56 Å². The van der Waals surface area contributed by atoms with Crippen molar-refractivity contribution in [3.8, 4) is 5.75 Å². The van der Waals surface area contributed by atoms with Crippen LogP contribution in [0.4, 0.5) is 10.1 Å². The molecule has 0 unspecified atom stereocenters. The number of amides is 2. The Bertz CT molecular complexity index is 730. The van der Waals surface area contributed by atoms with Crippen molar-refractivity contribution in [3.63, 3.8) is 0 Å². The lowest BCUT2D eigenvalue weighted by Gasteiger charge is -2.10. The van der Waals surface area contributed by atoms with E-state index < -0.39 is 5.82 Å². The van der Waals surface area contributed by atoms with E-state index in [1.54, 1.807) is 18.2 Å². The maximum Gasteiger partial charge on any atom is 0.258 e. The normalized spacial score (nSPS) is 10.4. The van der Waals surface area contributed by atoms with E-state index in [1.165, 1.54) is 18.2 Å². The van der Waals surface area contributed by atoms with Crippen molar-refractivity contribution in [2.24, 2.45) is 5.92 Å². The molecule has 0 atom stereocenters. The molecule has 0 aliphatic rings. The summed E-state index contributed by atoms with van der Waals surface area (Å²) in [5.74, 6) is -0.544. The molecule has 0 heterocycles. The molecule has 0 aliphatic carbocycles. The number of benzene rings is 2. The zero-order chi connectivity index (χ0) is 18.2. The molecule has 0 spiro atoms. The van der Waals surface area contributed by atoms with Gasteiger partial charge in [-0.1, -0.05) is 32.0 Å². The van der Waals surface area contributed by atoms with E-state index in [0.29, 0.717) is 18.0 Å². The molecule has 0 fully saturated rings. The molecule has 0 saturated heterocycles. The summed E-state index contributed by atoms with van der Waals surface area (Å²) in [7, 11) is 0. The fourth-order valence-corrected chi connectivity index (χ4v) is 1.95. The molecule has 2 amide bonds. The molecular weight excluding hydrogens is 323 g/mol. The fraction of sp³-hybridized carbons (Fsp3) is 0.263. The van der Waals surface area contributed by atoms with Gasteiger partial charge in [-0.25, -0.2) is 4.39 Å². The summed E-state index contributed by atoms with van der Waals surface area (Å²) >= 11 is 0. The molecule has 2 rings (SSSR count). The molecule has 25 heavy (non-hydrogen) atoms. The number of ether oxygens (including phenoxy) is 1. The predicted molar refractivity (Wildman–Crippen MR) is 93.7 cm³/mol. The van der Waals surface area contributed by atoms with Crippen molar-refractivity contribution in [1.82, 2.24) is 5.32 Å². The predicted octanol–water partition coefficient (Wildman–Crippen LogP) is 3.12. The molecule has 2 aromatic rings. The van der Waals surface area contributed by atoms with Gasteiger partial charge in [0.05, 0.1) is 0 Å². The van der Waals surface area contributed by atoms with Crippen LogP contribution in [0.3, 0.4) is 0 Å². The Balaban J connectivity index is 1.76. The molecule has 0 aliphatic heterocycles. The van der Waals surface area contributed by atoms with E-state index >= 15 is 0 Å². The highest BCUT2D eigenvalue weighted by atomic mass is 19.1. The van der Waals surface area contributed by atoms with Gasteiger partial charge in [-0.3, -0.25) is 9.59 Å². The minimum Gasteiger partial charge on any atom is -0.484 e. The number of nitrogens with one attached hydrogen (secondary N) is 2. The third kappa shape index (κ3) is 6.25. The van der Waals surface area contributed by atoms with E-state index in [2.05, 4.69) is 10.6 Å². The lowest BCUT2D eigenvalue weighted by Crippen LogP contribution is -2.28. The molecule has 5 nitrogen and oxygen atoms in total. The summed E-state index contributed by atoms with van der Waals surface area (Å²) < 4.78 is 18.2. The smallest absolute Gasteiger partial charge is 0.258 e. The van der Waals surface area contributed by atoms with Crippen LogP contribution in [-0.4, -0.2) is 18.4 Å². The third-order valence-corrected chi connectivity index (χ3v) is 3.40. The highest BCUT2D eigenvalue weighted by Crippen LogP contribution is 2.12. The van der Waals surface area contributed by atoms with Crippen LogP contribution in [0.2, 0.25) is 0 Å². The minimum absolute atomic E-state index is 0.0458. The third-order valence-electron chi connectivity index (χ3n) is 3.40. The van der Waals surface area contributed by atoms with Gasteiger partial charge in [0.15, 0.2) is 6.61 Å². The van der Waals surface area contributed by atoms with Crippen molar-refractivity contribution < 1.29 is 18.7 Å². The maximum atomic E-state index is 13.0. The summed E-state index contributed by atoms with van der Waals surface area (Å²) in [6, 6.07) is 12.8. The SMILES string of the molecule is CC(C)C(=O)Nc1ccc(CNC(=O)COc2cccc(F)c2)cc1. The van der Waals surface area contributed by atoms with Crippen LogP contribution in [-0.2, 0) is 16.1 Å². The first-order valence-electron chi connectivity index (χ1n) is 7.99. The second kappa shape index (κ2) is 8.82. The van der Waals surface area contributed by atoms with E-state index in [4.69, 9.17) is 4.74 Å². The monoisotopic (exact) mass is 344 g/mol. The lowest BCUT2D eigenvalue weighted by molar-refractivity contribution is -0.123. The van der Waals surface area contributed by atoms with E-state index in [9.17, 15) is 14.0 Å². The van der Waals surface area contributed by atoms with Crippen molar-refractivity contribution in [2.75, 3.05) is 11.9 Å². The summed E-state index contributed by atoms with van der Waals surface area (Å²) in [6.45, 7) is 3.80. The van der Waals surface area contributed by atoms with Gasteiger partial charge in [0.25, 0.3) is 5.91 Å². The molecule has 2 aromatic carbocycles. The van der Waals surface area contributed by atoms with Crippen LogP contribution in [0.5, 0.6) is 5.75 Å². The molecule has 132 valence electrons. The lowest BCUT2D eigenvalue weighted by atomic mass is 10.1. The van der Waals surface area contributed by atoms with Gasteiger partial charge < -0.3 is 15.4 Å². The molecule has 0 aromatic heterocycles. The largest absolute Gasteiger partial charge is 0.484 e. The highest BCUT2D eigenvalue weighted by molar-refractivity contribution is 5.92. The number of hydrogen-bond acceptors (Lipinski definition) is 3. The summed E-state index contributed by atoms with van der Waals surface area (Å²) in [5, 5.41) is 5.52. The number of carbonyl (C=O) groups is 2. The van der Waals surface area contributed by atoms with Gasteiger partial charge in [0.2, 0.25) is 5.91 Å². The fourth-order valence-electron chi connectivity index (χ4n) is 1.95. The Morgan fingerprint density at radius 1 is 1.12 bits per heavy atom. The standard InChI is InChI=1S/C19H21FN2O3/c1-13(2)19(24)22-16-8-6-14(7-9-16)11-21-18(23)12-25-17-5-3-4-15(20)10-17/h3-10,13H,11-12H2,1-2H3,(H,21,23)(H,22,24). The molecule has 2 N–H and O–H groups in total. The van der Waals surface area contributed by atoms with Crippen LogP contribution in [0.1, 0.15) is 19.4 Å². The first kappa shape index (κ1) is 18.4. The Hall–Kier alpha value is -2.89. The highest BCUT2D eigenvalue weighted by Gasteiger charge is 2.07. The first-order valence-corrected chi connectivity index (χ1v) is 7.99. The van der Waals surface area contributed by atoms with Gasteiger partial charge in [0, 0.05) is 24.2 Å². The van der Waals surface area contributed by atoms with Crippen molar-refractivity contribution in [1.29, 1.82) is 0 Å². The van der Waals surface area contributed by atoms with Gasteiger partial charge in [0.1, 0.15) is 11.6 Å². The molecular formula is C19H21FN2O3. The summed E-state index contributed by atoms with van der Waals surface area (Å²) in [6.07, 6.45) is 0. The topological polar surface area (TPSA) is 67.4 Å². The summed E-state index contributed by atoms with van der Waals surface area (Å²) in [5.41, 5.74) is 1.60. The van der Waals surface area contributed by atoms with Crippen LogP contribution < -0.4 is 15.4 Å². The second-order valence-corrected chi connectivity index (χ2v) is 5.86. The van der Waals surface area contributed by atoms with Gasteiger partial charge >= 0.3 is 0 Å². The molecule has 0 bridgehead atoms. The maximum absolute atomic E-state index is 13.0. The zero-order valence-corrected chi connectivity index (χ0v) is 14.2. The van der Waals surface area contributed by atoms with Crippen molar-refractivity contribution >= 4 is 17.5 Å². The minimum atomic E-state index is -0.414. The van der Waals surface area contributed by atoms with E-state index in [-0.39, 0.29) is 24.3 Å². The summed E-state index contributed by atoms with van der Waals surface area (Å²) in [4.78, 5) is 23.4. The number of halogens is 1. The van der Waals surface area contributed by atoms with Crippen LogP contribution in [0.25, 0.3) is 0 Å². The Morgan fingerprint density at radius 3 is 2.48 bits per heavy atom. The zero-order valence-electron chi connectivity index (χ0n) is 14.2. The quantitative estimate of drug-likeness (QED) is 0.811. The molecule has 0 radical (unpaired) electrons. The van der Waals surface area contributed by atoms with Crippen molar-refractivity contribution in [2.45, 2.75) is 20.4 Å². The van der Waals surface area contributed by atoms with Crippen LogP contribution in [0.15, 0.2) is 48.5 Å². The van der Waals surface area contributed by atoms with Gasteiger partial charge in [-0.2, -0.15) is 0 Å². The Labute approximate surface area is 146 Å². The average Bonchev–Trinajstić information content (AvgIpc) is 2.59. The van der Waals surface area contributed by atoms with Gasteiger partial charge in [-0.15, -0.1) is 0 Å². The number of rotatable bonds is 7. The Morgan fingerprint density at radius 2 is 1.84 bits per heavy atom. The van der Waals surface area contributed by atoms with E-state index in [1.807, 2.05) is 26.0 Å². The van der Waals surface area contributed by atoms with Crippen LogP contribution >= 0.6 is 0 Å². The van der Waals surface area contributed by atoms with Crippen LogP contribution in [0, 0.1) is 11.7 Å².